The second-order valence-electron chi connectivity index (χ2n) is 5.58. The van der Waals surface area contributed by atoms with Gasteiger partial charge in [0.15, 0.2) is 0 Å². The first kappa shape index (κ1) is 22.6. The summed E-state index contributed by atoms with van der Waals surface area (Å²) in [6.45, 7) is 5.15. The van der Waals surface area contributed by atoms with E-state index in [9.17, 15) is 9.59 Å². The maximum absolute atomic E-state index is 12.5. The topological polar surface area (TPSA) is 84.7 Å². The Morgan fingerprint density at radius 2 is 1.74 bits per heavy atom. The van der Waals surface area contributed by atoms with E-state index in [1.54, 1.807) is 29.2 Å². The molecule has 146 valence electrons. The number of carbonyl (C=O) groups excluding carboxylic acids is 2. The van der Waals surface area contributed by atoms with Gasteiger partial charge in [-0.3, -0.25) is 9.59 Å². The minimum atomic E-state index is -0.383. The third-order valence-electron chi connectivity index (χ3n) is 4.00. The minimum absolute atomic E-state index is 0. The molecule has 3 N–H and O–H groups in total. The molecule has 0 unspecified atom stereocenters. The number of anilines is 2. The van der Waals surface area contributed by atoms with E-state index in [1.165, 1.54) is 19.2 Å². The number of halogens is 2. The maximum atomic E-state index is 12.5. The molecule has 0 saturated carbocycles. The maximum Gasteiger partial charge on any atom is 0.259 e. The van der Waals surface area contributed by atoms with Gasteiger partial charge in [-0.15, -0.1) is 12.4 Å². The third kappa shape index (κ3) is 5.28. The van der Waals surface area contributed by atoms with E-state index in [-0.39, 0.29) is 34.8 Å². The Hall–Kier alpha value is -2.44. The predicted octanol–water partition coefficient (Wildman–Crippen LogP) is 4.09. The predicted molar refractivity (Wildman–Crippen MR) is 111 cm³/mol. The fourth-order valence-corrected chi connectivity index (χ4v) is 2.67. The molecule has 6 nitrogen and oxygen atoms in total. The van der Waals surface area contributed by atoms with Gasteiger partial charge in [0.05, 0.1) is 23.4 Å². The molecule has 0 aliphatic rings. The first-order valence-corrected chi connectivity index (χ1v) is 8.62. The molecule has 0 heterocycles. The molecular formula is C19H23Cl2N3O3. The van der Waals surface area contributed by atoms with Crippen molar-refractivity contribution in [3.8, 4) is 5.75 Å². The van der Waals surface area contributed by atoms with Crippen LogP contribution >= 0.6 is 24.0 Å². The fourth-order valence-electron chi connectivity index (χ4n) is 2.50. The highest BCUT2D eigenvalue weighted by molar-refractivity contribution is 6.33. The van der Waals surface area contributed by atoms with Crippen LogP contribution in [0.25, 0.3) is 0 Å². The Morgan fingerprint density at radius 3 is 2.26 bits per heavy atom. The normalized spacial score (nSPS) is 9.93. The van der Waals surface area contributed by atoms with Gasteiger partial charge in [-0.1, -0.05) is 11.6 Å². The average Bonchev–Trinajstić information content (AvgIpc) is 2.65. The van der Waals surface area contributed by atoms with Crippen molar-refractivity contribution in [3.63, 3.8) is 0 Å². The monoisotopic (exact) mass is 411 g/mol. The lowest BCUT2D eigenvalue weighted by molar-refractivity contribution is 0.0773. The molecule has 0 aliphatic carbocycles. The van der Waals surface area contributed by atoms with Crippen molar-refractivity contribution in [3.05, 3.63) is 52.5 Å². The van der Waals surface area contributed by atoms with Crippen LogP contribution in [-0.4, -0.2) is 36.9 Å². The molecule has 0 atom stereocenters. The molecule has 27 heavy (non-hydrogen) atoms. The molecule has 2 aromatic rings. The summed E-state index contributed by atoms with van der Waals surface area (Å²) in [6, 6.07) is 9.69. The van der Waals surface area contributed by atoms with Crippen molar-refractivity contribution >= 4 is 47.2 Å². The molecular weight excluding hydrogens is 389 g/mol. The number of nitrogens with two attached hydrogens (primary N) is 1. The number of nitrogen functional groups attached to an aromatic ring is 1. The van der Waals surface area contributed by atoms with Crippen molar-refractivity contribution in [2.75, 3.05) is 31.2 Å². The van der Waals surface area contributed by atoms with Gasteiger partial charge in [0.1, 0.15) is 5.75 Å². The van der Waals surface area contributed by atoms with E-state index >= 15 is 0 Å². The number of methoxy groups -OCH3 is 1. The molecule has 2 amide bonds. The van der Waals surface area contributed by atoms with Gasteiger partial charge < -0.3 is 20.7 Å². The van der Waals surface area contributed by atoms with Crippen molar-refractivity contribution in [2.24, 2.45) is 0 Å². The molecule has 0 aliphatic heterocycles. The number of hydrogen-bond acceptors (Lipinski definition) is 4. The molecule has 0 spiro atoms. The van der Waals surface area contributed by atoms with Crippen LogP contribution in [0.2, 0.25) is 5.02 Å². The third-order valence-corrected chi connectivity index (χ3v) is 4.33. The summed E-state index contributed by atoms with van der Waals surface area (Å²) in [5.41, 5.74) is 7.46. The second kappa shape index (κ2) is 10.0. The average molecular weight is 412 g/mol. The summed E-state index contributed by atoms with van der Waals surface area (Å²) in [4.78, 5) is 26.6. The van der Waals surface area contributed by atoms with Gasteiger partial charge >= 0.3 is 0 Å². The summed E-state index contributed by atoms with van der Waals surface area (Å²) in [6.07, 6.45) is 0. The van der Waals surface area contributed by atoms with Crippen molar-refractivity contribution in [1.29, 1.82) is 0 Å². The number of nitrogens with one attached hydrogen (secondary N) is 1. The van der Waals surface area contributed by atoms with Crippen LogP contribution in [-0.2, 0) is 0 Å². The zero-order valence-corrected chi connectivity index (χ0v) is 17.0. The summed E-state index contributed by atoms with van der Waals surface area (Å²) in [7, 11) is 1.45. The van der Waals surface area contributed by atoms with Crippen LogP contribution in [0.4, 0.5) is 11.4 Å². The minimum Gasteiger partial charge on any atom is -0.496 e. The Labute approximate surface area is 170 Å². The summed E-state index contributed by atoms with van der Waals surface area (Å²) in [5, 5.41) is 3.03. The lowest BCUT2D eigenvalue weighted by atomic mass is 10.1. The van der Waals surface area contributed by atoms with Gasteiger partial charge in [0.2, 0.25) is 0 Å². The lowest BCUT2D eigenvalue weighted by Crippen LogP contribution is -2.30. The zero-order valence-electron chi connectivity index (χ0n) is 15.4. The smallest absolute Gasteiger partial charge is 0.259 e. The molecule has 2 rings (SSSR count). The van der Waals surface area contributed by atoms with Crippen molar-refractivity contribution in [1.82, 2.24) is 4.90 Å². The number of rotatable bonds is 6. The standard InChI is InChI=1S/C19H22ClN3O3.ClH/c1-4-23(5-2)19(25)12-6-8-13(9-7-12)22-18(24)14-10-15(20)16(21)11-17(14)26-3;/h6-11H,4-5,21H2,1-3H3,(H,22,24);1H. The Kier molecular flexibility index (Phi) is 8.40. The summed E-state index contributed by atoms with van der Waals surface area (Å²) in [5.74, 6) is -0.0934. The summed E-state index contributed by atoms with van der Waals surface area (Å²) < 4.78 is 5.19. The Balaban J connectivity index is 0.00000364. The van der Waals surface area contributed by atoms with Crippen LogP contribution in [0, 0.1) is 0 Å². The molecule has 0 saturated heterocycles. The van der Waals surface area contributed by atoms with E-state index in [2.05, 4.69) is 5.32 Å². The van der Waals surface area contributed by atoms with E-state index in [0.717, 1.165) is 0 Å². The van der Waals surface area contributed by atoms with Crippen LogP contribution in [0.5, 0.6) is 5.75 Å². The quantitative estimate of drug-likeness (QED) is 0.700. The molecule has 0 bridgehead atoms. The van der Waals surface area contributed by atoms with E-state index in [0.29, 0.717) is 35.8 Å². The lowest BCUT2D eigenvalue weighted by Gasteiger charge is -2.18. The first-order valence-electron chi connectivity index (χ1n) is 8.24. The van der Waals surface area contributed by atoms with Gasteiger partial charge in [-0.2, -0.15) is 0 Å². The van der Waals surface area contributed by atoms with E-state index < -0.39 is 0 Å². The molecule has 0 fully saturated rings. The Morgan fingerprint density at radius 1 is 1.15 bits per heavy atom. The zero-order chi connectivity index (χ0) is 19.3. The van der Waals surface area contributed by atoms with E-state index in [4.69, 9.17) is 22.1 Å². The number of ether oxygens (including phenoxy) is 1. The second-order valence-corrected chi connectivity index (χ2v) is 5.99. The Bertz CT molecular complexity index is 807. The fraction of sp³-hybridized carbons (Fsp3) is 0.263. The van der Waals surface area contributed by atoms with Crippen LogP contribution in [0.1, 0.15) is 34.6 Å². The molecule has 8 heteroatoms. The highest BCUT2D eigenvalue weighted by Gasteiger charge is 2.16. The number of carbonyl (C=O) groups is 2. The highest BCUT2D eigenvalue weighted by atomic mass is 35.5. The van der Waals surface area contributed by atoms with Gasteiger partial charge in [0, 0.05) is 30.4 Å². The molecule has 2 aromatic carbocycles. The SMILES string of the molecule is CCN(CC)C(=O)c1ccc(NC(=O)c2cc(Cl)c(N)cc2OC)cc1.Cl. The highest BCUT2D eigenvalue weighted by Crippen LogP contribution is 2.29. The van der Waals surface area contributed by atoms with Crippen LogP contribution < -0.4 is 15.8 Å². The number of hydrogen-bond donors (Lipinski definition) is 2. The number of nitrogens with zero attached hydrogens (tertiary/aromatic N) is 1. The van der Waals surface area contributed by atoms with Gasteiger partial charge in [-0.25, -0.2) is 0 Å². The molecule has 0 radical (unpaired) electrons. The first-order chi connectivity index (χ1) is 12.4. The number of amides is 2. The van der Waals surface area contributed by atoms with Crippen molar-refractivity contribution in [2.45, 2.75) is 13.8 Å². The van der Waals surface area contributed by atoms with Gasteiger partial charge in [-0.05, 0) is 44.2 Å². The largest absolute Gasteiger partial charge is 0.496 e. The van der Waals surface area contributed by atoms with Crippen LogP contribution in [0.3, 0.4) is 0 Å². The van der Waals surface area contributed by atoms with Crippen molar-refractivity contribution < 1.29 is 14.3 Å². The van der Waals surface area contributed by atoms with Gasteiger partial charge in [0.25, 0.3) is 11.8 Å². The van der Waals surface area contributed by atoms with Crippen LogP contribution in [0.15, 0.2) is 36.4 Å². The van der Waals surface area contributed by atoms with E-state index in [1.807, 2.05) is 13.8 Å². The summed E-state index contributed by atoms with van der Waals surface area (Å²) >= 11 is 6.00. The molecule has 0 aromatic heterocycles. The number of benzene rings is 2.